The summed E-state index contributed by atoms with van der Waals surface area (Å²) in [5.74, 6) is -0.811. The average molecular weight is 483 g/mol. The average Bonchev–Trinajstić information content (AvgIpc) is 3.46. The lowest BCUT2D eigenvalue weighted by Crippen LogP contribution is -2.50. The Balaban J connectivity index is 1.47. The number of carboxylic acid groups (broad SMARTS) is 1. The third-order valence-corrected chi connectivity index (χ3v) is 7.36. The number of thiazole rings is 1. The Bertz CT molecular complexity index is 1130. The molecule has 2 atom stereocenters. The standard InChI is InChI=1S/C19H20Cl2N6O3S/c1-8-7-27(19-26-14(15(31-19)18(29)30)16-22-4-5-23-16)6-3-10(8)25-17(28)13-12(21)11(20)9(2)24-13/h4-5,8,10,24H,3,6-7H2,1-2H3,(H,22,23)(H,25,28)(H,29,30)/t8-,10+/m0/s1. The van der Waals surface area contributed by atoms with Gasteiger partial charge in [-0.25, -0.2) is 14.8 Å². The monoisotopic (exact) mass is 482 g/mol. The van der Waals surface area contributed by atoms with Crippen LogP contribution in [0.15, 0.2) is 12.4 Å². The van der Waals surface area contributed by atoms with Gasteiger partial charge in [0, 0.05) is 37.2 Å². The van der Waals surface area contributed by atoms with Crippen molar-refractivity contribution < 1.29 is 14.7 Å². The van der Waals surface area contributed by atoms with Crippen molar-refractivity contribution >= 4 is 51.5 Å². The molecule has 164 valence electrons. The molecule has 0 spiro atoms. The highest BCUT2D eigenvalue weighted by molar-refractivity contribution is 7.17. The van der Waals surface area contributed by atoms with E-state index in [9.17, 15) is 14.7 Å². The summed E-state index contributed by atoms with van der Waals surface area (Å²) in [7, 11) is 0. The summed E-state index contributed by atoms with van der Waals surface area (Å²) in [6, 6.07) is -0.0642. The number of hydrogen-bond donors (Lipinski definition) is 4. The fourth-order valence-electron chi connectivity index (χ4n) is 3.65. The number of aromatic nitrogens is 4. The number of aromatic carboxylic acids is 1. The molecule has 9 nitrogen and oxygen atoms in total. The van der Waals surface area contributed by atoms with Gasteiger partial charge in [-0.05, 0) is 19.3 Å². The van der Waals surface area contributed by atoms with E-state index < -0.39 is 5.97 Å². The molecule has 12 heteroatoms. The number of rotatable bonds is 5. The smallest absolute Gasteiger partial charge is 0.348 e. The molecule has 1 aliphatic heterocycles. The molecule has 3 aromatic heterocycles. The SMILES string of the molecule is Cc1[nH]c(C(=O)N[C@@H]2CCN(c3nc(-c4ncc[nH]4)c(C(=O)O)s3)C[C@@H]2C)c(Cl)c1Cl. The maximum atomic E-state index is 12.7. The Morgan fingerprint density at radius 1 is 1.35 bits per heavy atom. The van der Waals surface area contributed by atoms with Gasteiger partial charge in [0.2, 0.25) is 0 Å². The van der Waals surface area contributed by atoms with E-state index in [2.05, 4.69) is 25.3 Å². The molecule has 0 aliphatic carbocycles. The van der Waals surface area contributed by atoms with E-state index in [0.29, 0.717) is 46.9 Å². The topological polar surface area (TPSA) is 127 Å². The number of carbonyl (C=O) groups excluding carboxylic acids is 1. The minimum absolute atomic E-state index is 0.0642. The van der Waals surface area contributed by atoms with Crippen LogP contribution in [-0.2, 0) is 0 Å². The third kappa shape index (κ3) is 4.15. The van der Waals surface area contributed by atoms with E-state index in [4.69, 9.17) is 23.2 Å². The number of aryl methyl sites for hydroxylation is 1. The van der Waals surface area contributed by atoms with Crippen LogP contribution in [-0.4, -0.2) is 56.1 Å². The molecule has 1 fully saturated rings. The minimum Gasteiger partial charge on any atom is -0.477 e. The zero-order chi connectivity index (χ0) is 22.3. The zero-order valence-corrected chi connectivity index (χ0v) is 19.0. The van der Waals surface area contributed by atoms with E-state index in [1.54, 1.807) is 19.3 Å². The van der Waals surface area contributed by atoms with Crippen molar-refractivity contribution in [1.29, 1.82) is 0 Å². The second kappa shape index (κ2) is 8.52. The lowest BCUT2D eigenvalue weighted by molar-refractivity contribution is 0.0702. The summed E-state index contributed by atoms with van der Waals surface area (Å²) in [6.45, 7) is 5.03. The van der Waals surface area contributed by atoms with Crippen LogP contribution in [0, 0.1) is 12.8 Å². The van der Waals surface area contributed by atoms with Crippen LogP contribution in [0.25, 0.3) is 11.5 Å². The molecule has 4 rings (SSSR count). The first kappa shape index (κ1) is 21.7. The van der Waals surface area contributed by atoms with Crippen LogP contribution >= 0.6 is 34.5 Å². The minimum atomic E-state index is -1.04. The number of carbonyl (C=O) groups is 2. The Hall–Kier alpha value is -2.56. The summed E-state index contributed by atoms with van der Waals surface area (Å²) < 4.78 is 0. The van der Waals surface area contributed by atoms with Gasteiger partial charge in [0.25, 0.3) is 5.91 Å². The molecule has 1 aliphatic rings. The van der Waals surface area contributed by atoms with E-state index in [-0.39, 0.29) is 33.5 Å². The second-order valence-electron chi connectivity index (χ2n) is 7.46. The lowest BCUT2D eigenvalue weighted by atomic mass is 9.94. The van der Waals surface area contributed by atoms with E-state index in [1.165, 1.54) is 0 Å². The molecular weight excluding hydrogens is 463 g/mol. The molecular formula is C19H20Cl2N6O3S. The molecule has 0 saturated carbocycles. The molecule has 0 unspecified atom stereocenters. The van der Waals surface area contributed by atoms with Gasteiger partial charge in [-0.1, -0.05) is 41.5 Å². The van der Waals surface area contributed by atoms with Gasteiger partial charge in [-0.15, -0.1) is 0 Å². The van der Waals surface area contributed by atoms with Gasteiger partial charge >= 0.3 is 5.97 Å². The number of anilines is 1. The highest BCUT2D eigenvalue weighted by Gasteiger charge is 2.31. The predicted molar refractivity (Wildman–Crippen MR) is 119 cm³/mol. The van der Waals surface area contributed by atoms with Crippen LogP contribution in [0.2, 0.25) is 10.0 Å². The highest BCUT2D eigenvalue weighted by atomic mass is 35.5. The van der Waals surface area contributed by atoms with Crippen LogP contribution in [0.4, 0.5) is 5.13 Å². The van der Waals surface area contributed by atoms with Gasteiger partial charge in [0.1, 0.15) is 16.3 Å². The normalized spacial score (nSPS) is 18.9. The number of hydrogen-bond acceptors (Lipinski definition) is 6. The van der Waals surface area contributed by atoms with Crippen molar-refractivity contribution in [1.82, 2.24) is 25.3 Å². The molecule has 0 radical (unpaired) electrons. The van der Waals surface area contributed by atoms with Crippen molar-refractivity contribution in [3.63, 3.8) is 0 Å². The molecule has 0 aromatic carbocycles. The van der Waals surface area contributed by atoms with Crippen molar-refractivity contribution in [2.75, 3.05) is 18.0 Å². The summed E-state index contributed by atoms with van der Waals surface area (Å²) in [5, 5.41) is 13.8. The largest absolute Gasteiger partial charge is 0.477 e. The van der Waals surface area contributed by atoms with Crippen molar-refractivity contribution in [2.24, 2.45) is 5.92 Å². The third-order valence-electron chi connectivity index (χ3n) is 5.31. The van der Waals surface area contributed by atoms with Gasteiger partial charge in [0.15, 0.2) is 11.0 Å². The highest BCUT2D eigenvalue weighted by Crippen LogP contribution is 2.34. The summed E-state index contributed by atoms with van der Waals surface area (Å²) in [4.78, 5) is 41.0. The van der Waals surface area contributed by atoms with Gasteiger partial charge in [-0.2, -0.15) is 0 Å². The number of imidazole rings is 1. The number of nitrogens with one attached hydrogen (secondary N) is 3. The number of piperidine rings is 1. The van der Waals surface area contributed by atoms with Gasteiger partial charge in [-0.3, -0.25) is 4.79 Å². The molecule has 3 aromatic rings. The first-order valence-corrected chi connectivity index (χ1v) is 11.2. The van der Waals surface area contributed by atoms with Gasteiger partial charge < -0.3 is 25.3 Å². The Kier molecular flexibility index (Phi) is 5.96. The summed E-state index contributed by atoms with van der Waals surface area (Å²) in [5.41, 5.74) is 1.23. The van der Waals surface area contributed by atoms with Crippen LogP contribution < -0.4 is 10.2 Å². The fourth-order valence-corrected chi connectivity index (χ4v) is 5.00. The number of H-pyrrole nitrogens is 2. The van der Waals surface area contributed by atoms with E-state index in [1.807, 2.05) is 11.8 Å². The number of halogens is 2. The maximum absolute atomic E-state index is 12.7. The molecule has 4 N–H and O–H groups in total. The first-order chi connectivity index (χ1) is 14.8. The van der Waals surface area contributed by atoms with Crippen molar-refractivity contribution in [3.05, 3.63) is 38.7 Å². The van der Waals surface area contributed by atoms with E-state index in [0.717, 1.165) is 11.3 Å². The van der Waals surface area contributed by atoms with E-state index >= 15 is 0 Å². The molecule has 1 amide bonds. The van der Waals surface area contributed by atoms with Gasteiger partial charge in [0.05, 0.1) is 10.0 Å². The fraction of sp³-hybridized carbons (Fsp3) is 0.368. The molecule has 0 bridgehead atoms. The number of carboxylic acids is 1. The molecule has 1 saturated heterocycles. The lowest BCUT2D eigenvalue weighted by Gasteiger charge is -2.37. The van der Waals surface area contributed by atoms with Crippen LogP contribution in [0.3, 0.4) is 0 Å². The molecule has 31 heavy (non-hydrogen) atoms. The number of amides is 1. The summed E-state index contributed by atoms with van der Waals surface area (Å²) >= 11 is 13.4. The Morgan fingerprint density at radius 2 is 2.13 bits per heavy atom. The predicted octanol–water partition coefficient (Wildman–Crippen LogP) is 3.82. The van der Waals surface area contributed by atoms with Crippen molar-refractivity contribution in [3.8, 4) is 11.5 Å². The van der Waals surface area contributed by atoms with Crippen LogP contribution in [0.5, 0.6) is 0 Å². The zero-order valence-electron chi connectivity index (χ0n) is 16.7. The first-order valence-electron chi connectivity index (χ1n) is 9.59. The number of aromatic amines is 2. The Labute approximate surface area is 191 Å². The second-order valence-corrected chi connectivity index (χ2v) is 9.20. The molecule has 4 heterocycles. The maximum Gasteiger partial charge on any atom is 0.348 e. The van der Waals surface area contributed by atoms with Crippen LogP contribution in [0.1, 0.15) is 39.2 Å². The summed E-state index contributed by atoms with van der Waals surface area (Å²) in [6.07, 6.45) is 3.86. The quantitative estimate of drug-likeness (QED) is 0.437. The number of nitrogens with zero attached hydrogens (tertiary/aromatic N) is 3. The Morgan fingerprint density at radius 3 is 2.71 bits per heavy atom. The van der Waals surface area contributed by atoms with Crippen molar-refractivity contribution in [2.45, 2.75) is 26.3 Å².